The first-order valence-electron chi connectivity index (χ1n) is 10.6. The van der Waals surface area contributed by atoms with E-state index in [0.717, 1.165) is 5.56 Å². The number of aromatic nitrogens is 3. The molecule has 2 heterocycles. The number of furan rings is 1. The summed E-state index contributed by atoms with van der Waals surface area (Å²) in [6.45, 7) is 0.160. The van der Waals surface area contributed by atoms with Crippen molar-refractivity contribution in [3.05, 3.63) is 114 Å². The molecule has 0 aliphatic carbocycles. The van der Waals surface area contributed by atoms with Crippen LogP contribution in [0.5, 0.6) is 6.01 Å². The van der Waals surface area contributed by atoms with Gasteiger partial charge in [-0.25, -0.2) is 13.5 Å². The summed E-state index contributed by atoms with van der Waals surface area (Å²) in [4.78, 5) is 16.8. The van der Waals surface area contributed by atoms with Crippen molar-refractivity contribution in [1.29, 1.82) is 0 Å². The van der Waals surface area contributed by atoms with Gasteiger partial charge in [-0.3, -0.25) is 4.79 Å². The quantitative estimate of drug-likeness (QED) is 0.332. The maximum atomic E-state index is 13.4. The molecule has 2 aromatic heterocycles. The molecular weight excluding hydrogens is 454 g/mol. The molecule has 0 atom stereocenters. The fraction of sp³-hybridized carbons (Fsp3) is 0.0385. The lowest BCUT2D eigenvalue weighted by atomic mass is 10.2. The van der Waals surface area contributed by atoms with Crippen LogP contribution in [0, 0.1) is 11.6 Å². The van der Waals surface area contributed by atoms with Gasteiger partial charge in [-0.15, -0.1) is 5.10 Å². The van der Waals surface area contributed by atoms with Crippen LogP contribution in [0.4, 0.5) is 14.5 Å². The van der Waals surface area contributed by atoms with Gasteiger partial charge in [0.2, 0.25) is 5.82 Å². The molecule has 7 nitrogen and oxygen atoms in total. The van der Waals surface area contributed by atoms with Gasteiger partial charge in [-0.2, -0.15) is 4.98 Å². The maximum Gasteiger partial charge on any atom is 0.336 e. The van der Waals surface area contributed by atoms with Crippen molar-refractivity contribution in [3.63, 3.8) is 0 Å². The molecule has 1 N–H and O–H groups in total. The Morgan fingerprint density at radius 2 is 1.74 bits per heavy atom. The van der Waals surface area contributed by atoms with Crippen molar-refractivity contribution in [2.24, 2.45) is 0 Å². The predicted octanol–water partition coefficient (Wildman–Crippen LogP) is 5.64. The Bertz CT molecular complexity index is 1450. The van der Waals surface area contributed by atoms with E-state index in [1.165, 1.54) is 42.7 Å². The largest absolute Gasteiger partial charge is 0.461 e. The van der Waals surface area contributed by atoms with Gasteiger partial charge in [0, 0.05) is 11.3 Å². The summed E-state index contributed by atoms with van der Waals surface area (Å²) in [6, 6.07) is 21.9. The van der Waals surface area contributed by atoms with Crippen LogP contribution in [0.15, 0.2) is 95.6 Å². The van der Waals surface area contributed by atoms with Crippen molar-refractivity contribution < 1.29 is 22.7 Å². The number of hydrogen-bond donors (Lipinski definition) is 1. The molecule has 0 aliphatic rings. The van der Waals surface area contributed by atoms with Crippen LogP contribution in [0.25, 0.3) is 17.3 Å². The third-order valence-electron chi connectivity index (χ3n) is 5.07. The number of amides is 1. The number of nitrogens with zero attached hydrogens (tertiary/aromatic N) is 3. The Kier molecular flexibility index (Phi) is 6.04. The number of anilines is 1. The molecule has 0 aliphatic heterocycles. The molecule has 35 heavy (non-hydrogen) atoms. The van der Waals surface area contributed by atoms with Crippen LogP contribution < -0.4 is 10.1 Å². The van der Waals surface area contributed by atoms with Crippen LogP contribution >= 0.6 is 0 Å². The van der Waals surface area contributed by atoms with Crippen LogP contribution in [-0.2, 0) is 6.61 Å². The molecule has 0 saturated carbocycles. The molecule has 5 rings (SSSR count). The molecule has 0 saturated heterocycles. The summed E-state index contributed by atoms with van der Waals surface area (Å²) < 4.78 is 39.3. The number of halogens is 2. The molecule has 3 aromatic carbocycles. The van der Waals surface area contributed by atoms with Crippen LogP contribution in [0.3, 0.4) is 0 Å². The standard InChI is InChI=1S/C26H18F2N4O3/c27-19-8-6-17(7-9-19)16-35-26-30-24(23-5-2-14-34-23)32(31-26)22-12-10-21(11-13-22)29-25(33)18-3-1-4-20(28)15-18/h1-15H,16H2,(H,29,33). The molecule has 0 unspecified atom stereocenters. The molecule has 9 heteroatoms. The summed E-state index contributed by atoms with van der Waals surface area (Å²) in [5.41, 5.74) is 2.15. The minimum absolute atomic E-state index is 0.115. The number of rotatable bonds is 7. The van der Waals surface area contributed by atoms with E-state index < -0.39 is 11.7 Å². The first-order valence-corrected chi connectivity index (χ1v) is 10.6. The van der Waals surface area contributed by atoms with Gasteiger partial charge >= 0.3 is 6.01 Å². The van der Waals surface area contributed by atoms with Gasteiger partial charge in [0.25, 0.3) is 5.91 Å². The van der Waals surface area contributed by atoms with Crippen molar-refractivity contribution in [3.8, 4) is 23.3 Å². The first kappa shape index (κ1) is 22.0. The molecule has 5 aromatic rings. The predicted molar refractivity (Wildman–Crippen MR) is 124 cm³/mol. The van der Waals surface area contributed by atoms with E-state index >= 15 is 0 Å². The SMILES string of the molecule is O=C(Nc1ccc(-n2nc(OCc3ccc(F)cc3)nc2-c2ccco2)cc1)c1cccc(F)c1. The second-order valence-corrected chi connectivity index (χ2v) is 7.53. The smallest absolute Gasteiger partial charge is 0.336 e. The molecule has 0 spiro atoms. The van der Waals surface area contributed by atoms with Crippen LogP contribution in [-0.4, -0.2) is 20.7 Å². The Morgan fingerprint density at radius 3 is 2.46 bits per heavy atom. The number of benzene rings is 3. The van der Waals surface area contributed by atoms with E-state index in [2.05, 4.69) is 15.4 Å². The van der Waals surface area contributed by atoms with E-state index in [4.69, 9.17) is 9.15 Å². The molecular formula is C26H18F2N4O3. The normalized spacial score (nSPS) is 10.8. The fourth-order valence-electron chi connectivity index (χ4n) is 3.35. The van der Waals surface area contributed by atoms with Crippen molar-refractivity contribution in [2.45, 2.75) is 6.61 Å². The van der Waals surface area contributed by atoms with Gasteiger partial charge in [0.15, 0.2) is 5.76 Å². The summed E-state index contributed by atoms with van der Waals surface area (Å²) >= 11 is 0. The lowest BCUT2D eigenvalue weighted by Gasteiger charge is -2.08. The van der Waals surface area contributed by atoms with Crippen LogP contribution in [0.1, 0.15) is 15.9 Å². The number of carbonyl (C=O) groups excluding carboxylic acids is 1. The third kappa shape index (κ3) is 5.09. The van der Waals surface area contributed by atoms with Crippen LogP contribution in [0.2, 0.25) is 0 Å². The first-order chi connectivity index (χ1) is 17.0. The summed E-state index contributed by atoms with van der Waals surface area (Å²) in [6.07, 6.45) is 1.53. The Hall–Kier alpha value is -4.79. The molecule has 174 valence electrons. The zero-order chi connectivity index (χ0) is 24.2. The molecule has 0 radical (unpaired) electrons. The summed E-state index contributed by atoms with van der Waals surface area (Å²) in [5.74, 6) is -0.335. The lowest BCUT2D eigenvalue weighted by molar-refractivity contribution is 0.102. The van der Waals surface area contributed by atoms with Crippen molar-refractivity contribution in [1.82, 2.24) is 14.8 Å². The summed E-state index contributed by atoms with van der Waals surface area (Å²) in [7, 11) is 0. The van der Waals surface area contributed by atoms with Crippen molar-refractivity contribution >= 4 is 11.6 Å². The zero-order valence-electron chi connectivity index (χ0n) is 18.2. The van der Waals surface area contributed by atoms with Gasteiger partial charge in [-0.05, 0) is 72.3 Å². The minimum atomic E-state index is -0.484. The zero-order valence-corrected chi connectivity index (χ0v) is 18.2. The van der Waals surface area contributed by atoms with E-state index in [1.807, 2.05) is 0 Å². The van der Waals surface area contributed by atoms with E-state index in [0.29, 0.717) is 23.0 Å². The highest BCUT2D eigenvalue weighted by Crippen LogP contribution is 2.25. The second-order valence-electron chi connectivity index (χ2n) is 7.53. The van der Waals surface area contributed by atoms with Gasteiger partial charge in [-0.1, -0.05) is 18.2 Å². The lowest BCUT2D eigenvalue weighted by Crippen LogP contribution is -2.12. The van der Waals surface area contributed by atoms with E-state index in [-0.39, 0.29) is 24.0 Å². The molecule has 1 amide bonds. The van der Waals surface area contributed by atoms with Gasteiger partial charge in [0.05, 0.1) is 12.0 Å². The number of ether oxygens (including phenoxy) is 1. The highest BCUT2D eigenvalue weighted by atomic mass is 19.1. The highest BCUT2D eigenvalue weighted by Gasteiger charge is 2.17. The number of nitrogens with one attached hydrogen (secondary N) is 1. The average Bonchev–Trinajstić information content (AvgIpc) is 3.54. The minimum Gasteiger partial charge on any atom is -0.461 e. The van der Waals surface area contributed by atoms with Crippen molar-refractivity contribution in [2.75, 3.05) is 5.32 Å². The molecule has 0 fully saturated rings. The maximum absolute atomic E-state index is 13.4. The second kappa shape index (κ2) is 9.60. The Balaban J connectivity index is 1.37. The van der Waals surface area contributed by atoms with Gasteiger partial charge < -0.3 is 14.5 Å². The highest BCUT2D eigenvalue weighted by molar-refractivity contribution is 6.04. The third-order valence-corrected chi connectivity index (χ3v) is 5.07. The number of hydrogen-bond acceptors (Lipinski definition) is 5. The van der Waals surface area contributed by atoms with E-state index in [1.54, 1.807) is 53.2 Å². The van der Waals surface area contributed by atoms with Gasteiger partial charge in [0.1, 0.15) is 18.2 Å². The number of carbonyl (C=O) groups is 1. The topological polar surface area (TPSA) is 82.2 Å². The monoisotopic (exact) mass is 472 g/mol. The molecule has 0 bridgehead atoms. The summed E-state index contributed by atoms with van der Waals surface area (Å²) in [5, 5.41) is 7.17. The average molecular weight is 472 g/mol. The Labute approximate surface area is 198 Å². The Morgan fingerprint density at radius 1 is 0.943 bits per heavy atom. The fourth-order valence-corrected chi connectivity index (χ4v) is 3.35. The van der Waals surface area contributed by atoms with E-state index in [9.17, 15) is 13.6 Å².